The zero-order valence-electron chi connectivity index (χ0n) is 15.9. The van der Waals surface area contributed by atoms with E-state index >= 15 is 0 Å². The Labute approximate surface area is 169 Å². The van der Waals surface area contributed by atoms with Crippen molar-refractivity contribution < 1.29 is 19.4 Å². The summed E-state index contributed by atoms with van der Waals surface area (Å²) >= 11 is 3.52. The molecule has 27 heavy (non-hydrogen) atoms. The average molecular weight is 435 g/mol. The van der Waals surface area contributed by atoms with Crippen LogP contribution in [0.25, 0.3) is 0 Å². The van der Waals surface area contributed by atoms with E-state index in [2.05, 4.69) is 22.9 Å². The molecule has 1 N–H and O–H groups in total. The Kier molecular flexibility index (Phi) is 8.65. The lowest BCUT2D eigenvalue weighted by atomic mass is 9.93. The van der Waals surface area contributed by atoms with Gasteiger partial charge in [0.15, 0.2) is 0 Å². The Morgan fingerprint density at radius 1 is 1.15 bits per heavy atom. The summed E-state index contributed by atoms with van der Waals surface area (Å²) in [5, 5.41) is 9.08. The van der Waals surface area contributed by atoms with E-state index in [1.165, 1.54) is 0 Å². The van der Waals surface area contributed by atoms with E-state index < -0.39 is 5.97 Å². The van der Waals surface area contributed by atoms with Crippen molar-refractivity contribution >= 4 is 21.9 Å². The third-order valence-corrected chi connectivity index (χ3v) is 5.06. The maximum atomic E-state index is 11.0. The van der Waals surface area contributed by atoms with Gasteiger partial charge in [-0.05, 0) is 70.1 Å². The maximum absolute atomic E-state index is 11.0. The van der Waals surface area contributed by atoms with Gasteiger partial charge in [-0.2, -0.15) is 0 Å². The first-order valence-electron chi connectivity index (χ1n) is 9.39. The Balaban J connectivity index is 2.03. The molecule has 5 heteroatoms. The standard InChI is InChI=1S/C22H27BrO4/c1-3-5-11-26-21-12-16(9-10-20(21)23)15-27-19-8-6-7-18(13-19)17(4-2)14-22(24)25/h6-10,12-13,17H,3-5,11,14-15H2,1-2H3,(H,24,25)/t17-/m0/s1. The van der Waals surface area contributed by atoms with Gasteiger partial charge >= 0.3 is 5.97 Å². The van der Waals surface area contributed by atoms with Gasteiger partial charge in [0, 0.05) is 0 Å². The number of unbranched alkanes of at least 4 members (excludes halogenated alkanes) is 1. The van der Waals surface area contributed by atoms with Gasteiger partial charge in [0.05, 0.1) is 17.5 Å². The van der Waals surface area contributed by atoms with Gasteiger partial charge in [-0.25, -0.2) is 0 Å². The Bertz CT molecular complexity index is 745. The van der Waals surface area contributed by atoms with Gasteiger partial charge < -0.3 is 14.6 Å². The van der Waals surface area contributed by atoms with E-state index in [1.807, 2.05) is 49.4 Å². The van der Waals surface area contributed by atoms with Gasteiger partial charge in [0.1, 0.15) is 18.1 Å². The molecule has 0 unspecified atom stereocenters. The number of aliphatic carboxylic acids is 1. The van der Waals surface area contributed by atoms with Crippen LogP contribution in [0.1, 0.15) is 56.6 Å². The van der Waals surface area contributed by atoms with Crippen LogP contribution in [-0.4, -0.2) is 17.7 Å². The second-order valence-corrected chi connectivity index (χ2v) is 7.39. The zero-order chi connectivity index (χ0) is 19.6. The van der Waals surface area contributed by atoms with Crippen molar-refractivity contribution in [3.63, 3.8) is 0 Å². The van der Waals surface area contributed by atoms with Crippen LogP contribution in [0.4, 0.5) is 0 Å². The molecule has 2 aromatic carbocycles. The van der Waals surface area contributed by atoms with Crippen molar-refractivity contribution in [1.82, 2.24) is 0 Å². The predicted molar refractivity (Wildman–Crippen MR) is 111 cm³/mol. The summed E-state index contributed by atoms with van der Waals surface area (Å²) in [6, 6.07) is 13.7. The third-order valence-electron chi connectivity index (χ3n) is 4.40. The van der Waals surface area contributed by atoms with Crippen molar-refractivity contribution in [3.8, 4) is 11.5 Å². The highest BCUT2D eigenvalue weighted by Gasteiger charge is 2.14. The van der Waals surface area contributed by atoms with Crippen LogP contribution < -0.4 is 9.47 Å². The van der Waals surface area contributed by atoms with Crippen LogP contribution in [0, 0.1) is 0 Å². The van der Waals surface area contributed by atoms with Crippen LogP contribution in [0.2, 0.25) is 0 Å². The fraction of sp³-hybridized carbons (Fsp3) is 0.409. The summed E-state index contributed by atoms with van der Waals surface area (Å²) in [7, 11) is 0. The topological polar surface area (TPSA) is 55.8 Å². The smallest absolute Gasteiger partial charge is 0.303 e. The van der Waals surface area contributed by atoms with Gasteiger partial charge in [0.25, 0.3) is 0 Å². The van der Waals surface area contributed by atoms with Crippen molar-refractivity contribution in [1.29, 1.82) is 0 Å². The number of halogens is 1. The lowest BCUT2D eigenvalue weighted by Gasteiger charge is -2.15. The number of carbonyl (C=O) groups is 1. The molecule has 0 amide bonds. The first-order chi connectivity index (χ1) is 13.0. The first kappa shape index (κ1) is 21.3. The molecule has 0 fully saturated rings. The number of rotatable bonds is 11. The molecular formula is C22H27BrO4. The number of carboxylic acids is 1. The first-order valence-corrected chi connectivity index (χ1v) is 10.2. The summed E-state index contributed by atoms with van der Waals surface area (Å²) in [5.41, 5.74) is 2.02. The predicted octanol–water partition coefficient (Wildman–Crippen LogP) is 6.18. The highest BCUT2D eigenvalue weighted by Crippen LogP contribution is 2.29. The largest absolute Gasteiger partial charge is 0.492 e. The van der Waals surface area contributed by atoms with Crippen LogP contribution in [0.15, 0.2) is 46.9 Å². The molecule has 0 saturated heterocycles. The molecule has 1 atom stereocenters. The normalized spacial score (nSPS) is 11.8. The third kappa shape index (κ3) is 6.90. The minimum Gasteiger partial charge on any atom is -0.492 e. The van der Waals surface area contributed by atoms with E-state index in [4.69, 9.17) is 14.6 Å². The molecule has 2 aromatic rings. The molecule has 0 heterocycles. The fourth-order valence-corrected chi connectivity index (χ4v) is 3.17. The SMILES string of the molecule is CCCCOc1cc(COc2cccc([C@@H](CC)CC(=O)O)c2)ccc1Br. The van der Waals surface area contributed by atoms with Crippen molar-refractivity contribution in [2.75, 3.05) is 6.61 Å². The summed E-state index contributed by atoms with van der Waals surface area (Å²) in [5.74, 6) is 0.787. The Morgan fingerprint density at radius 2 is 1.96 bits per heavy atom. The molecule has 146 valence electrons. The molecule has 0 aromatic heterocycles. The second kappa shape index (κ2) is 11.0. The molecule has 0 spiro atoms. The minimum atomic E-state index is -0.779. The molecule has 0 aliphatic heterocycles. The van der Waals surface area contributed by atoms with E-state index in [1.54, 1.807) is 0 Å². The number of hydrogen-bond donors (Lipinski definition) is 1. The van der Waals surface area contributed by atoms with Gasteiger partial charge in [-0.1, -0.05) is 38.5 Å². The number of carboxylic acid groups (broad SMARTS) is 1. The quantitative estimate of drug-likeness (QED) is 0.429. The van der Waals surface area contributed by atoms with Crippen LogP contribution in [0.5, 0.6) is 11.5 Å². The minimum absolute atomic E-state index is 0.00250. The highest BCUT2D eigenvalue weighted by molar-refractivity contribution is 9.10. The Morgan fingerprint density at radius 3 is 2.67 bits per heavy atom. The maximum Gasteiger partial charge on any atom is 0.303 e. The van der Waals surface area contributed by atoms with E-state index in [9.17, 15) is 4.79 Å². The fourth-order valence-electron chi connectivity index (χ4n) is 2.81. The molecule has 2 rings (SSSR count). The number of hydrogen-bond acceptors (Lipinski definition) is 3. The molecule has 0 saturated carbocycles. The van der Waals surface area contributed by atoms with Gasteiger partial charge in [-0.15, -0.1) is 0 Å². The van der Waals surface area contributed by atoms with Crippen molar-refractivity contribution in [3.05, 3.63) is 58.1 Å². The number of benzene rings is 2. The summed E-state index contributed by atoms with van der Waals surface area (Å²) in [4.78, 5) is 11.0. The Hall–Kier alpha value is -2.01. The summed E-state index contributed by atoms with van der Waals surface area (Å²) in [6.45, 7) is 5.26. The van der Waals surface area contributed by atoms with Crippen LogP contribution >= 0.6 is 15.9 Å². The van der Waals surface area contributed by atoms with Gasteiger partial charge in [-0.3, -0.25) is 4.79 Å². The van der Waals surface area contributed by atoms with Crippen LogP contribution in [0.3, 0.4) is 0 Å². The lowest BCUT2D eigenvalue weighted by molar-refractivity contribution is -0.137. The van der Waals surface area contributed by atoms with Crippen molar-refractivity contribution in [2.45, 2.75) is 52.1 Å². The molecular weight excluding hydrogens is 408 g/mol. The summed E-state index contributed by atoms with van der Waals surface area (Å²) in [6.07, 6.45) is 3.03. The molecule has 4 nitrogen and oxygen atoms in total. The zero-order valence-corrected chi connectivity index (χ0v) is 17.5. The summed E-state index contributed by atoms with van der Waals surface area (Å²) < 4.78 is 12.7. The van der Waals surface area contributed by atoms with E-state index in [-0.39, 0.29) is 12.3 Å². The molecule has 0 bridgehead atoms. The molecule has 0 aliphatic carbocycles. The van der Waals surface area contributed by atoms with Crippen LogP contribution in [-0.2, 0) is 11.4 Å². The van der Waals surface area contributed by atoms with E-state index in [0.29, 0.717) is 13.2 Å². The second-order valence-electron chi connectivity index (χ2n) is 6.53. The molecule has 0 radical (unpaired) electrons. The monoisotopic (exact) mass is 434 g/mol. The highest BCUT2D eigenvalue weighted by atomic mass is 79.9. The van der Waals surface area contributed by atoms with Crippen molar-refractivity contribution in [2.24, 2.45) is 0 Å². The average Bonchev–Trinajstić information content (AvgIpc) is 2.66. The van der Waals surface area contributed by atoms with Gasteiger partial charge in [0.2, 0.25) is 0 Å². The van der Waals surface area contributed by atoms with E-state index in [0.717, 1.165) is 46.4 Å². The molecule has 0 aliphatic rings. The number of ether oxygens (including phenoxy) is 2. The lowest BCUT2D eigenvalue weighted by Crippen LogP contribution is -2.06.